The van der Waals surface area contributed by atoms with E-state index in [0.717, 1.165) is 12.1 Å². The Kier molecular flexibility index (Phi) is 5.64. The SMILES string of the molecule is [C-]#[N+]c1ccc(C#CCNC(=O)OC(C)(C)C)c(C(F)(F)F)c1. The predicted octanol–water partition coefficient (Wildman–Crippen LogP) is 4.13. The molecule has 0 unspecified atom stereocenters. The number of halogens is 3. The molecule has 0 aliphatic rings. The predicted molar refractivity (Wildman–Crippen MR) is 78.8 cm³/mol. The molecule has 7 heteroatoms. The van der Waals surface area contributed by atoms with Crippen molar-refractivity contribution in [3.8, 4) is 11.8 Å². The highest BCUT2D eigenvalue weighted by Crippen LogP contribution is 2.34. The lowest BCUT2D eigenvalue weighted by atomic mass is 10.1. The number of hydrogen-bond acceptors (Lipinski definition) is 2. The van der Waals surface area contributed by atoms with Gasteiger partial charge in [-0.3, -0.25) is 0 Å². The van der Waals surface area contributed by atoms with Crippen LogP contribution in [0.5, 0.6) is 0 Å². The molecule has 1 aromatic carbocycles. The number of amides is 1. The van der Waals surface area contributed by atoms with Crippen molar-refractivity contribution in [1.82, 2.24) is 5.32 Å². The molecule has 122 valence electrons. The fraction of sp³-hybridized carbons (Fsp3) is 0.375. The molecule has 0 saturated heterocycles. The van der Waals surface area contributed by atoms with Crippen LogP contribution in [0.3, 0.4) is 0 Å². The van der Waals surface area contributed by atoms with Crippen molar-refractivity contribution < 1.29 is 22.7 Å². The van der Waals surface area contributed by atoms with Crippen LogP contribution in [0.25, 0.3) is 4.85 Å². The van der Waals surface area contributed by atoms with Crippen LogP contribution >= 0.6 is 0 Å². The topological polar surface area (TPSA) is 42.7 Å². The Morgan fingerprint density at radius 1 is 1.35 bits per heavy atom. The summed E-state index contributed by atoms with van der Waals surface area (Å²) in [6.45, 7) is 11.7. The van der Waals surface area contributed by atoms with Crippen molar-refractivity contribution in [1.29, 1.82) is 0 Å². The third kappa shape index (κ3) is 6.31. The van der Waals surface area contributed by atoms with Crippen molar-refractivity contribution >= 4 is 11.8 Å². The van der Waals surface area contributed by atoms with Gasteiger partial charge in [0.1, 0.15) is 5.60 Å². The summed E-state index contributed by atoms with van der Waals surface area (Å²) in [5.41, 5.74) is -2.02. The third-order valence-corrected chi connectivity index (χ3v) is 2.38. The monoisotopic (exact) mass is 324 g/mol. The minimum absolute atomic E-state index is 0.116. The van der Waals surface area contributed by atoms with E-state index in [1.54, 1.807) is 20.8 Å². The fourth-order valence-corrected chi connectivity index (χ4v) is 1.52. The Bertz CT molecular complexity index is 686. The Balaban J connectivity index is 2.83. The van der Waals surface area contributed by atoms with Crippen LogP contribution < -0.4 is 5.32 Å². The molecule has 1 N–H and O–H groups in total. The summed E-state index contributed by atoms with van der Waals surface area (Å²) in [7, 11) is 0. The van der Waals surface area contributed by atoms with E-state index in [1.807, 2.05) is 0 Å². The number of carbonyl (C=O) groups excluding carboxylic acids is 1. The lowest BCUT2D eigenvalue weighted by molar-refractivity contribution is -0.137. The summed E-state index contributed by atoms with van der Waals surface area (Å²) < 4.78 is 43.7. The molecule has 0 heterocycles. The van der Waals surface area contributed by atoms with Crippen LogP contribution in [0.2, 0.25) is 0 Å². The zero-order valence-corrected chi connectivity index (χ0v) is 12.8. The Morgan fingerprint density at radius 2 is 2.00 bits per heavy atom. The van der Waals surface area contributed by atoms with Crippen molar-refractivity contribution in [2.75, 3.05) is 6.54 Å². The molecule has 0 fully saturated rings. The van der Waals surface area contributed by atoms with Gasteiger partial charge in [0, 0.05) is 5.56 Å². The maximum absolute atomic E-state index is 12.9. The van der Waals surface area contributed by atoms with Gasteiger partial charge in [0.05, 0.1) is 18.7 Å². The second kappa shape index (κ2) is 7.06. The Hall–Kier alpha value is -2.67. The van der Waals surface area contributed by atoms with E-state index < -0.39 is 23.4 Å². The summed E-state index contributed by atoms with van der Waals surface area (Å²) in [6.07, 6.45) is -5.31. The summed E-state index contributed by atoms with van der Waals surface area (Å²) in [6, 6.07) is 3.14. The summed E-state index contributed by atoms with van der Waals surface area (Å²) in [5, 5.41) is 2.33. The first-order valence-corrected chi connectivity index (χ1v) is 6.57. The average molecular weight is 324 g/mol. The van der Waals surface area contributed by atoms with Crippen LogP contribution in [0.4, 0.5) is 23.7 Å². The molecular formula is C16H15F3N2O2. The number of rotatable bonds is 1. The molecule has 1 rings (SSSR count). The number of alkyl carbamates (subject to hydrolysis) is 1. The first kappa shape index (κ1) is 18.4. The number of benzene rings is 1. The molecule has 0 aliphatic heterocycles. The minimum Gasteiger partial charge on any atom is -0.444 e. The van der Waals surface area contributed by atoms with Gasteiger partial charge in [-0.05, 0) is 26.8 Å². The van der Waals surface area contributed by atoms with E-state index in [1.165, 1.54) is 6.07 Å². The lowest BCUT2D eigenvalue weighted by Gasteiger charge is -2.19. The smallest absolute Gasteiger partial charge is 0.416 e. The molecule has 0 radical (unpaired) electrons. The number of alkyl halides is 3. The molecular weight excluding hydrogens is 309 g/mol. The van der Waals surface area contributed by atoms with Gasteiger partial charge in [0.25, 0.3) is 0 Å². The van der Waals surface area contributed by atoms with Crippen LogP contribution in [-0.2, 0) is 10.9 Å². The van der Waals surface area contributed by atoms with Gasteiger partial charge in [-0.2, -0.15) is 13.2 Å². The van der Waals surface area contributed by atoms with E-state index in [0.29, 0.717) is 0 Å². The van der Waals surface area contributed by atoms with Gasteiger partial charge in [0.2, 0.25) is 0 Å². The Labute approximate surface area is 132 Å². The van der Waals surface area contributed by atoms with E-state index in [4.69, 9.17) is 11.3 Å². The number of carbonyl (C=O) groups is 1. The van der Waals surface area contributed by atoms with Crippen LogP contribution in [0.15, 0.2) is 18.2 Å². The standard InChI is InChI=1S/C16H15F3N2O2/c1-15(2,3)23-14(22)21-9-5-6-11-7-8-12(20-4)10-13(11)16(17,18)19/h7-8,10H,9H2,1-3H3,(H,21,22). The molecule has 4 nitrogen and oxygen atoms in total. The average Bonchev–Trinajstić information content (AvgIpc) is 2.40. The largest absolute Gasteiger partial charge is 0.444 e. The number of nitrogens with zero attached hydrogens (tertiary/aromatic N) is 1. The molecule has 0 aliphatic carbocycles. The van der Waals surface area contributed by atoms with Crippen LogP contribution in [0, 0.1) is 18.4 Å². The zero-order chi connectivity index (χ0) is 17.7. The zero-order valence-electron chi connectivity index (χ0n) is 12.8. The van der Waals surface area contributed by atoms with Gasteiger partial charge < -0.3 is 10.1 Å². The quantitative estimate of drug-likeness (QED) is 0.623. The second-order valence-electron chi connectivity index (χ2n) is 5.50. The molecule has 0 aromatic heterocycles. The molecule has 1 aromatic rings. The highest BCUT2D eigenvalue weighted by Gasteiger charge is 2.33. The summed E-state index contributed by atoms with van der Waals surface area (Å²) in [4.78, 5) is 14.3. The van der Waals surface area contributed by atoms with E-state index in [9.17, 15) is 18.0 Å². The fourth-order valence-electron chi connectivity index (χ4n) is 1.52. The molecule has 0 bridgehead atoms. The van der Waals surface area contributed by atoms with Crippen molar-refractivity contribution in [2.45, 2.75) is 32.5 Å². The molecule has 0 spiro atoms. The van der Waals surface area contributed by atoms with Crippen molar-refractivity contribution in [3.63, 3.8) is 0 Å². The van der Waals surface area contributed by atoms with Gasteiger partial charge in [-0.25, -0.2) is 9.64 Å². The summed E-state index contributed by atoms with van der Waals surface area (Å²) in [5.74, 6) is 4.78. The Morgan fingerprint density at radius 3 is 2.52 bits per heavy atom. The lowest BCUT2D eigenvalue weighted by Crippen LogP contribution is -2.32. The number of ether oxygens (including phenoxy) is 1. The van der Waals surface area contributed by atoms with Crippen molar-refractivity contribution in [3.05, 3.63) is 40.7 Å². The maximum Gasteiger partial charge on any atom is 0.416 e. The molecule has 1 amide bonds. The third-order valence-electron chi connectivity index (χ3n) is 2.38. The van der Waals surface area contributed by atoms with Crippen LogP contribution in [0.1, 0.15) is 31.9 Å². The number of nitrogens with one attached hydrogen (secondary N) is 1. The molecule has 0 atom stereocenters. The van der Waals surface area contributed by atoms with Gasteiger partial charge in [-0.15, -0.1) is 0 Å². The molecule has 23 heavy (non-hydrogen) atoms. The molecule has 0 saturated carbocycles. The highest BCUT2D eigenvalue weighted by molar-refractivity contribution is 5.68. The minimum atomic E-state index is -4.61. The maximum atomic E-state index is 12.9. The van der Waals surface area contributed by atoms with Crippen molar-refractivity contribution in [2.24, 2.45) is 0 Å². The normalized spacial score (nSPS) is 11.0. The van der Waals surface area contributed by atoms with E-state index in [-0.39, 0.29) is 17.8 Å². The van der Waals surface area contributed by atoms with E-state index in [2.05, 4.69) is 22.0 Å². The van der Waals surface area contributed by atoms with Gasteiger partial charge in [-0.1, -0.05) is 24.0 Å². The first-order valence-electron chi connectivity index (χ1n) is 6.57. The van der Waals surface area contributed by atoms with E-state index >= 15 is 0 Å². The number of hydrogen-bond donors (Lipinski definition) is 1. The highest BCUT2D eigenvalue weighted by atomic mass is 19.4. The second-order valence-corrected chi connectivity index (χ2v) is 5.50. The summed E-state index contributed by atoms with van der Waals surface area (Å²) >= 11 is 0. The van der Waals surface area contributed by atoms with Crippen LogP contribution in [-0.4, -0.2) is 18.2 Å². The van der Waals surface area contributed by atoms with Gasteiger partial charge >= 0.3 is 12.3 Å². The first-order chi connectivity index (χ1) is 10.5. The van der Waals surface area contributed by atoms with Gasteiger partial charge in [0.15, 0.2) is 5.69 Å².